The summed E-state index contributed by atoms with van der Waals surface area (Å²) >= 11 is 0. The minimum Gasteiger partial charge on any atom is -0.310 e. The minimum absolute atomic E-state index is 0.732. The smallest absolute Gasteiger partial charge is 0.0708 e. The van der Waals surface area contributed by atoms with Crippen molar-refractivity contribution >= 4 is 10.9 Å². The maximum Gasteiger partial charge on any atom is 0.0708 e. The van der Waals surface area contributed by atoms with Gasteiger partial charge in [-0.2, -0.15) is 0 Å². The molecule has 1 heterocycles. The summed E-state index contributed by atoms with van der Waals surface area (Å²) in [6, 6.07) is 7.44. The van der Waals surface area contributed by atoms with Crippen LogP contribution in [0.3, 0.4) is 0 Å². The van der Waals surface area contributed by atoms with Crippen LogP contribution in [0.1, 0.15) is 54.5 Å². The summed E-state index contributed by atoms with van der Waals surface area (Å²) < 4.78 is 0. The molecule has 0 spiro atoms. The van der Waals surface area contributed by atoms with Gasteiger partial charge < -0.3 is 5.32 Å². The average Bonchev–Trinajstić information content (AvgIpc) is 3.14. The summed E-state index contributed by atoms with van der Waals surface area (Å²) in [6.07, 6.45) is 9.14. The SMILES string of the molecule is Cc1ccc2nc3c(c(CNC4CCCC4)c2c1)CCC3. The molecule has 4 rings (SSSR count). The van der Waals surface area contributed by atoms with Crippen LogP contribution in [-0.2, 0) is 19.4 Å². The number of nitrogens with zero attached hydrogens (tertiary/aromatic N) is 1. The van der Waals surface area contributed by atoms with Crippen LogP contribution in [0.2, 0.25) is 0 Å². The van der Waals surface area contributed by atoms with Gasteiger partial charge in [-0.3, -0.25) is 4.98 Å². The Balaban J connectivity index is 1.75. The quantitative estimate of drug-likeness (QED) is 0.917. The van der Waals surface area contributed by atoms with Crippen LogP contribution < -0.4 is 5.32 Å². The van der Waals surface area contributed by atoms with Gasteiger partial charge in [0.2, 0.25) is 0 Å². The van der Waals surface area contributed by atoms with Crippen molar-refractivity contribution in [2.75, 3.05) is 0 Å². The van der Waals surface area contributed by atoms with E-state index >= 15 is 0 Å². The van der Waals surface area contributed by atoms with E-state index in [1.807, 2.05) is 0 Å². The second-order valence-electron chi connectivity index (χ2n) is 6.75. The number of pyridine rings is 1. The van der Waals surface area contributed by atoms with Crippen molar-refractivity contribution in [1.29, 1.82) is 0 Å². The topological polar surface area (TPSA) is 24.9 Å². The second-order valence-corrected chi connectivity index (χ2v) is 6.75. The van der Waals surface area contributed by atoms with Gasteiger partial charge in [-0.25, -0.2) is 0 Å². The van der Waals surface area contributed by atoms with Gasteiger partial charge >= 0.3 is 0 Å². The number of hydrogen-bond donors (Lipinski definition) is 1. The minimum atomic E-state index is 0.732. The van der Waals surface area contributed by atoms with Crippen molar-refractivity contribution < 1.29 is 0 Å². The third-order valence-electron chi connectivity index (χ3n) is 5.21. The largest absolute Gasteiger partial charge is 0.310 e. The molecular weight excluding hydrogens is 256 g/mol. The highest BCUT2D eigenvalue weighted by Gasteiger charge is 2.21. The summed E-state index contributed by atoms with van der Waals surface area (Å²) in [7, 11) is 0. The first-order valence-corrected chi connectivity index (χ1v) is 8.45. The number of nitrogens with one attached hydrogen (secondary N) is 1. The highest BCUT2D eigenvalue weighted by molar-refractivity contribution is 5.84. The molecule has 0 aliphatic heterocycles. The van der Waals surface area contributed by atoms with Crippen molar-refractivity contribution in [2.24, 2.45) is 0 Å². The molecule has 0 atom stereocenters. The number of aromatic nitrogens is 1. The van der Waals surface area contributed by atoms with Crippen LogP contribution >= 0.6 is 0 Å². The Morgan fingerprint density at radius 3 is 2.86 bits per heavy atom. The first kappa shape index (κ1) is 13.3. The van der Waals surface area contributed by atoms with Crippen LogP contribution in [-0.4, -0.2) is 11.0 Å². The van der Waals surface area contributed by atoms with E-state index in [1.165, 1.54) is 66.2 Å². The molecule has 2 aromatic rings. The number of rotatable bonds is 3. The van der Waals surface area contributed by atoms with E-state index in [-0.39, 0.29) is 0 Å². The monoisotopic (exact) mass is 280 g/mol. The highest BCUT2D eigenvalue weighted by atomic mass is 14.9. The van der Waals surface area contributed by atoms with Crippen LogP contribution in [0.15, 0.2) is 18.2 Å². The first-order chi connectivity index (χ1) is 10.3. The zero-order chi connectivity index (χ0) is 14.2. The molecule has 1 aromatic carbocycles. The third-order valence-corrected chi connectivity index (χ3v) is 5.21. The van der Waals surface area contributed by atoms with Crippen LogP contribution in [0.4, 0.5) is 0 Å². The molecule has 0 saturated heterocycles. The van der Waals surface area contributed by atoms with Crippen molar-refractivity contribution in [1.82, 2.24) is 10.3 Å². The van der Waals surface area contributed by atoms with E-state index < -0.39 is 0 Å². The Hall–Kier alpha value is -1.41. The normalized spacial score (nSPS) is 18.5. The molecule has 2 aliphatic carbocycles. The van der Waals surface area contributed by atoms with Gasteiger partial charge in [-0.1, -0.05) is 24.5 Å². The fraction of sp³-hybridized carbons (Fsp3) is 0.526. The van der Waals surface area contributed by atoms with Crippen molar-refractivity contribution in [3.63, 3.8) is 0 Å². The van der Waals surface area contributed by atoms with Gasteiger partial charge in [0.15, 0.2) is 0 Å². The summed E-state index contributed by atoms with van der Waals surface area (Å²) in [4.78, 5) is 4.91. The van der Waals surface area contributed by atoms with Crippen molar-refractivity contribution in [2.45, 2.75) is 64.5 Å². The molecule has 21 heavy (non-hydrogen) atoms. The zero-order valence-electron chi connectivity index (χ0n) is 12.9. The Morgan fingerprint density at radius 2 is 2.00 bits per heavy atom. The zero-order valence-corrected chi connectivity index (χ0v) is 12.9. The van der Waals surface area contributed by atoms with Gasteiger partial charge in [-0.05, 0) is 62.3 Å². The van der Waals surface area contributed by atoms with E-state index in [2.05, 4.69) is 30.4 Å². The van der Waals surface area contributed by atoms with Gasteiger partial charge in [0.05, 0.1) is 5.52 Å². The molecular formula is C19H24N2. The molecule has 2 heteroatoms. The fourth-order valence-electron chi connectivity index (χ4n) is 4.05. The van der Waals surface area contributed by atoms with E-state index in [4.69, 9.17) is 4.98 Å². The summed E-state index contributed by atoms with van der Waals surface area (Å²) in [5, 5.41) is 5.19. The molecule has 1 aromatic heterocycles. The molecule has 0 bridgehead atoms. The van der Waals surface area contributed by atoms with E-state index in [0.717, 1.165) is 19.0 Å². The lowest BCUT2D eigenvalue weighted by Crippen LogP contribution is -2.26. The second kappa shape index (κ2) is 5.42. The predicted octanol–water partition coefficient (Wildman–Crippen LogP) is 4.06. The van der Waals surface area contributed by atoms with Gasteiger partial charge in [0.25, 0.3) is 0 Å². The molecule has 0 amide bonds. The molecule has 1 fully saturated rings. The summed E-state index contributed by atoms with van der Waals surface area (Å²) in [6.45, 7) is 3.20. The Labute approximate surface area is 127 Å². The number of hydrogen-bond acceptors (Lipinski definition) is 2. The number of aryl methyl sites for hydroxylation is 2. The summed E-state index contributed by atoms with van der Waals surface area (Å²) in [5.74, 6) is 0. The lowest BCUT2D eigenvalue weighted by molar-refractivity contribution is 0.524. The Morgan fingerprint density at radius 1 is 1.14 bits per heavy atom. The van der Waals surface area contributed by atoms with E-state index in [9.17, 15) is 0 Å². The lowest BCUT2D eigenvalue weighted by Gasteiger charge is -2.17. The maximum absolute atomic E-state index is 4.91. The third kappa shape index (κ3) is 2.46. The number of benzene rings is 1. The predicted molar refractivity (Wildman–Crippen MR) is 87.6 cm³/mol. The fourth-order valence-corrected chi connectivity index (χ4v) is 4.05. The Kier molecular flexibility index (Phi) is 3.42. The molecule has 0 unspecified atom stereocenters. The average molecular weight is 280 g/mol. The molecule has 110 valence electrons. The lowest BCUT2D eigenvalue weighted by atomic mass is 9.99. The number of fused-ring (bicyclic) bond motifs is 2. The van der Waals surface area contributed by atoms with E-state index in [1.54, 1.807) is 5.56 Å². The molecule has 1 N–H and O–H groups in total. The molecule has 2 nitrogen and oxygen atoms in total. The van der Waals surface area contributed by atoms with Crippen LogP contribution in [0.5, 0.6) is 0 Å². The standard InChI is InChI=1S/C19H24N2/c1-13-9-10-19-16(11-13)17(12-20-14-5-2-3-6-14)15-7-4-8-18(15)21-19/h9-11,14,20H,2-8,12H2,1H3. The molecule has 2 aliphatic rings. The van der Waals surface area contributed by atoms with Crippen molar-refractivity contribution in [3.8, 4) is 0 Å². The Bertz CT molecular complexity index is 669. The maximum atomic E-state index is 4.91. The highest BCUT2D eigenvalue weighted by Crippen LogP contribution is 2.31. The molecule has 1 saturated carbocycles. The van der Waals surface area contributed by atoms with Crippen molar-refractivity contribution in [3.05, 3.63) is 40.6 Å². The van der Waals surface area contributed by atoms with Gasteiger partial charge in [0.1, 0.15) is 0 Å². The van der Waals surface area contributed by atoms with Gasteiger partial charge in [0, 0.05) is 23.7 Å². The summed E-state index contributed by atoms with van der Waals surface area (Å²) in [5.41, 5.74) is 6.95. The van der Waals surface area contributed by atoms with Crippen LogP contribution in [0.25, 0.3) is 10.9 Å². The van der Waals surface area contributed by atoms with E-state index in [0.29, 0.717) is 0 Å². The first-order valence-electron chi connectivity index (χ1n) is 8.45. The van der Waals surface area contributed by atoms with Crippen LogP contribution in [0, 0.1) is 6.92 Å². The van der Waals surface area contributed by atoms with Gasteiger partial charge in [-0.15, -0.1) is 0 Å². The molecule has 0 radical (unpaired) electrons.